The van der Waals surface area contributed by atoms with E-state index in [1.807, 2.05) is 37.3 Å². The van der Waals surface area contributed by atoms with E-state index in [0.29, 0.717) is 16.9 Å². The minimum absolute atomic E-state index is 0.132. The van der Waals surface area contributed by atoms with E-state index in [2.05, 4.69) is 25.4 Å². The topological polar surface area (TPSA) is 110 Å². The van der Waals surface area contributed by atoms with E-state index in [9.17, 15) is 9.59 Å². The summed E-state index contributed by atoms with van der Waals surface area (Å²) < 4.78 is 2.79. The summed E-state index contributed by atoms with van der Waals surface area (Å²) in [5.74, 6) is 0.331. The molecule has 3 aromatic heterocycles. The number of hydrogen-bond donors (Lipinski definition) is 2. The van der Waals surface area contributed by atoms with Gasteiger partial charge < -0.3 is 10.3 Å². The van der Waals surface area contributed by atoms with Gasteiger partial charge in [-0.2, -0.15) is 5.10 Å². The zero-order chi connectivity index (χ0) is 19.7. The number of H-pyrrole nitrogens is 1. The molecule has 1 atom stereocenters. The fraction of sp³-hybridized carbons (Fsp3) is 0.211. The van der Waals surface area contributed by atoms with Gasteiger partial charge in [0.25, 0.3) is 5.56 Å². The number of aromatic amines is 1. The van der Waals surface area contributed by atoms with Crippen LogP contribution < -0.4 is 10.9 Å². The molecule has 0 saturated heterocycles. The van der Waals surface area contributed by atoms with Crippen LogP contribution >= 0.6 is 0 Å². The van der Waals surface area contributed by atoms with Gasteiger partial charge in [-0.3, -0.25) is 18.8 Å². The summed E-state index contributed by atoms with van der Waals surface area (Å²) in [5.41, 5.74) is 2.07. The highest BCUT2D eigenvalue weighted by Crippen LogP contribution is 2.18. The average molecular weight is 377 g/mol. The highest BCUT2D eigenvalue weighted by Gasteiger charge is 2.15. The number of rotatable bonds is 5. The molecule has 3 heterocycles. The van der Waals surface area contributed by atoms with Gasteiger partial charge in [0.2, 0.25) is 5.91 Å². The second-order valence-corrected chi connectivity index (χ2v) is 6.52. The average Bonchev–Trinajstić information content (AvgIpc) is 3.33. The Kier molecular flexibility index (Phi) is 4.48. The lowest BCUT2D eigenvalue weighted by Gasteiger charge is -2.12. The first-order chi connectivity index (χ1) is 13.5. The fourth-order valence-electron chi connectivity index (χ4n) is 3.01. The molecule has 4 rings (SSSR count). The third-order valence-corrected chi connectivity index (χ3v) is 4.50. The van der Waals surface area contributed by atoms with E-state index in [1.54, 1.807) is 13.2 Å². The monoisotopic (exact) mass is 377 g/mol. The molecule has 1 aromatic carbocycles. The van der Waals surface area contributed by atoms with E-state index in [1.165, 1.54) is 21.8 Å². The molecule has 28 heavy (non-hydrogen) atoms. The third-order valence-electron chi connectivity index (χ3n) is 4.50. The molecule has 0 aliphatic heterocycles. The number of imidazole rings is 1. The van der Waals surface area contributed by atoms with Crippen LogP contribution in [-0.4, -0.2) is 35.2 Å². The number of nitrogens with one attached hydrogen (secondary N) is 2. The molecule has 0 saturated carbocycles. The van der Waals surface area contributed by atoms with Crippen LogP contribution in [0.2, 0.25) is 0 Å². The minimum atomic E-state index is -0.337. The third kappa shape index (κ3) is 3.29. The number of nitrogens with zero attached hydrogens (tertiary/aromatic N) is 5. The molecule has 9 nitrogen and oxygen atoms in total. The van der Waals surface area contributed by atoms with Gasteiger partial charge in [-0.05, 0) is 12.5 Å². The number of aromatic nitrogens is 6. The highest BCUT2D eigenvalue weighted by molar-refractivity contribution is 5.77. The van der Waals surface area contributed by atoms with Crippen LogP contribution in [-0.2, 0) is 18.4 Å². The Bertz CT molecular complexity index is 1190. The maximum atomic E-state index is 12.5. The maximum Gasteiger partial charge on any atom is 0.264 e. The van der Waals surface area contributed by atoms with Crippen LogP contribution in [0.25, 0.3) is 22.3 Å². The molecule has 0 unspecified atom stereocenters. The first-order valence-electron chi connectivity index (χ1n) is 8.80. The summed E-state index contributed by atoms with van der Waals surface area (Å²) in [6.07, 6.45) is 4.55. The number of carbonyl (C=O) groups is 1. The van der Waals surface area contributed by atoms with E-state index >= 15 is 0 Å². The van der Waals surface area contributed by atoms with Gasteiger partial charge in [0.05, 0.1) is 24.1 Å². The standard InChI is InChI=1S/C19H19N7O2/c1-12(17-20-9-15(24-17)13-6-4-3-5-7-13)23-16(27)10-26-11-21-18-14(19(26)28)8-22-25(18)2/h3-9,11-12H,10H2,1-2H3,(H,20,24)(H,23,27)/t12-/m0/s1. The summed E-state index contributed by atoms with van der Waals surface area (Å²) in [4.78, 5) is 36.6. The van der Waals surface area contributed by atoms with E-state index < -0.39 is 0 Å². The molecule has 0 aliphatic rings. The molecule has 0 fully saturated rings. The molecule has 1 amide bonds. The number of fused-ring (bicyclic) bond motifs is 1. The maximum absolute atomic E-state index is 12.5. The number of amides is 1. The van der Waals surface area contributed by atoms with Crippen molar-refractivity contribution in [3.8, 4) is 11.3 Å². The van der Waals surface area contributed by atoms with Crippen molar-refractivity contribution in [3.63, 3.8) is 0 Å². The van der Waals surface area contributed by atoms with Crippen LogP contribution in [0.3, 0.4) is 0 Å². The Labute approximate surface area is 160 Å². The van der Waals surface area contributed by atoms with Gasteiger partial charge in [0, 0.05) is 7.05 Å². The molecule has 0 aliphatic carbocycles. The van der Waals surface area contributed by atoms with Crippen LogP contribution in [0.1, 0.15) is 18.8 Å². The Morgan fingerprint density at radius 1 is 1.21 bits per heavy atom. The van der Waals surface area contributed by atoms with Gasteiger partial charge in [-0.1, -0.05) is 30.3 Å². The van der Waals surface area contributed by atoms with Crippen molar-refractivity contribution >= 4 is 16.9 Å². The molecule has 2 N–H and O–H groups in total. The molecule has 0 radical (unpaired) electrons. The number of hydrogen-bond acceptors (Lipinski definition) is 5. The first kappa shape index (κ1) is 17.7. The summed E-state index contributed by atoms with van der Waals surface area (Å²) in [6, 6.07) is 9.47. The second-order valence-electron chi connectivity index (χ2n) is 6.52. The van der Waals surface area contributed by atoms with Gasteiger partial charge in [0.1, 0.15) is 24.1 Å². The molecule has 9 heteroatoms. The lowest BCUT2D eigenvalue weighted by molar-refractivity contribution is -0.122. The Morgan fingerprint density at radius 3 is 2.79 bits per heavy atom. The van der Waals surface area contributed by atoms with Gasteiger partial charge in [-0.25, -0.2) is 9.97 Å². The van der Waals surface area contributed by atoms with Crippen molar-refractivity contribution in [3.05, 3.63) is 65.2 Å². The quantitative estimate of drug-likeness (QED) is 0.546. The van der Waals surface area contributed by atoms with Gasteiger partial charge in [-0.15, -0.1) is 0 Å². The summed E-state index contributed by atoms with van der Waals surface area (Å²) >= 11 is 0. The zero-order valence-electron chi connectivity index (χ0n) is 15.5. The Morgan fingerprint density at radius 2 is 2.00 bits per heavy atom. The number of aryl methyl sites for hydroxylation is 1. The van der Waals surface area contributed by atoms with Crippen LogP contribution in [0.15, 0.2) is 53.8 Å². The second kappa shape index (κ2) is 7.10. The summed E-state index contributed by atoms with van der Waals surface area (Å²) in [5, 5.41) is 7.25. The fourth-order valence-corrected chi connectivity index (χ4v) is 3.01. The van der Waals surface area contributed by atoms with Crippen molar-refractivity contribution in [2.45, 2.75) is 19.5 Å². The van der Waals surface area contributed by atoms with Crippen molar-refractivity contribution in [1.29, 1.82) is 0 Å². The molecule has 142 valence electrons. The molecular weight excluding hydrogens is 358 g/mol. The lowest BCUT2D eigenvalue weighted by atomic mass is 10.2. The first-order valence-corrected chi connectivity index (χ1v) is 8.80. The van der Waals surface area contributed by atoms with Gasteiger partial charge >= 0.3 is 0 Å². The van der Waals surface area contributed by atoms with Crippen molar-refractivity contribution < 1.29 is 4.79 Å². The normalized spacial score (nSPS) is 12.2. The van der Waals surface area contributed by atoms with E-state index in [0.717, 1.165) is 11.3 Å². The van der Waals surface area contributed by atoms with E-state index in [-0.39, 0.29) is 24.1 Å². The van der Waals surface area contributed by atoms with Crippen molar-refractivity contribution in [1.82, 2.24) is 34.6 Å². The minimum Gasteiger partial charge on any atom is -0.345 e. The Hall–Kier alpha value is -3.75. The van der Waals surface area contributed by atoms with Crippen molar-refractivity contribution in [2.75, 3.05) is 0 Å². The predicted octanol–water partition coefficient (Wildman–Crippen LogP) is 1.40. The van der Waals surface area contributed by atoms with E-state index in [4.69, 9.17) is 0 Å². The SMILES string of the molecule is C[C@H](NC(=O)Cn1cnc2c(cnn2C)c1=O)c1ncc(-c2ccccc2)[nH]1. The number of benzene rings is 1. The Balaban J connectivity index is 1.46. The molecular formula is C19H19N7O2. The summed E-state index contributed by atoms with van der Waals surface area (Å²) in [7, 11) is 1.71. The molecule has 4 aromatic rings. The lowest BCUT2D eigenvalue weighted by Crippen LogP contribution is -2.34. The van der Waals surface area contributed by atoms with Crippen LogP contribution in [0, 0.1) is 0 Å². The predicted molar refractivity (Wildman–Crippen MR) is 103 cm³/mol. The molecule has 0 spiro atoms. The largest absolute Gasteiger partial charge is 0.345 e. The number of carbonyl (C=O) groups excluding carboxylic acids is 1. The van der Waals surface area contributed by atoms with Crippen LogP contribution in [0.5, 0.6) is 0 Å². The molecule has 0 bridgehead atoms. The zero-order valence-corrected chi connectivity index (χ0v) is 15.5. The van der Waals surface area contributed by atoms with Crippen molar-refractivity contribution in [2.24, 2.45) is 7.05 Å². The smallest absolute Gasteiger partial charge is 0.264 e. The summed E-state index contributed by atoms with van der Waals surface area (Å²) in [6.45, 7) is 1.70. The van der Waals surface area contributed by atoms with Gasteiger partial charge in [0.15, 0.2) is 5.65 Å². The highest BCUT2D eigenvalue weighted by atomic mass is 16.2. The van der Waals surface area contributed by atoms with Crippen LogP contribution in [0.4, 0.5) is 0 Å².